The SMILES string of the molecule is C=C1CC2[C@H](C(=O)OCC)CC(=O)N2C1. The van der Waals surface area contributed by atoms with Gasteiger partial charge in [0.25, 0.3) is 0 Å². The van der Waals surface area contributed by atoms with Crippen molar-refractivity contribution in [1.29, 1.82) is 0 Å². The van der Waals surface area contributed by atoms with Crippen molar-refractivity contribution in [2.24, 2.45) is 5.92 Å². The predicted octanol–water partition coefficient (Wildman–Crippen LogP) is 0.726. The van der Waals surface area contributed by atoms with Gasteiger partial charge in [-0.2, -0.15) is 0 Å². The molecule has 4 heteroatoms. The first kappa shape index (κ1) is 10.2. The molecule has 82 valence electrons. The molecule has 2 fully saturated rings. The van der Waals surface area contributed by atoms with Crippen molar-refractivity contribution >= 4 is 11.9 Å². The first-order chi connectivity index (χ1) is 7.13. The number of nitrogens with zero attached hydrogens (tertiary/aromatic N) is 1. The van der Waals surface area contributed by atoms with Gasteiger partial charge in [0.15, 0.2) is 0 Å². The standard InChI is InChI=1S/C11H15NO3/c1-3-15-11(14)8-5-10(13)12-6-7(2)4-9(8)12/h8-9H,2-6H2,1H3/t8-,9?/m1/s1. The highest BCUT2D eigenvalue weighted by molar-refractivity contribution is 5.88. The van der Waals surface area contributed by atoms with Crippen molar-refractivity contribution in [1.82, 2.24) is 4.90 Å². The van der Waals surface area contributed by atoms with Crippen LogP contribution in [0.4, 0.5) is 0 Å². The van der Waals surface area contributed by atoms with Crippen LogP contribution in [-0.2, 0) is 14.3 Å². The summed E-state index contributed by atoms with van der Waals surface area (Å²) in [7, 11) is 0. The molecule has 2 aliphatic heterocycles. The van der Waals surface area contributed by atoms with E-state index >= 15 is 0 Å². The highest BCUT2D eigenvalue weighted by Gasteiger charge is 2.47. The fourth-order valence-electron chi connectivity index (χ4n) is 2.39. The lowest BCUT2D eigenvalue weighted by atomic mass is 9.97. The summed E-state index contributed by atoms with van der Waals surface area (Å²) in [5.74, 6) is -0.471. The van der Waals surface area contributed by atoms with Crippen LogP contribution >= 0.6 is 0 Å². The Morgan fingerprint density at radius 3 is 3.00 bits per heavy atom. The van der Waals surface area contributed by atoms with Gasteiger partial charge in [0.05, 0.1) is 12.5 Å². The zero-order valence-corrected chi connectivity index (χ0v) is 8.86. The summed E-state index contributed by atoms with van der Waals surface area (Å²) < 4.78 is 4.97. The van der Waals surface area contributed by atoms with Gasteiger partial charge in [0.2, 0.25) is 5.91 Å². The van der Waals surface area contributed by atoms with E-state index in [2.05, 4.69) is 6.58 Å². The molecule has 4 nitrogen and oxygen atoms in total. The maximum Gasteiger partial charge on any atom is 0.311 e. The van der Waals surface area contributed by atoms with Gasteiger partial charge in [-0.25, -0.2) is 0 Å². The maximum atomic E-state index is 11.6. The Balaban J connectivity index is 2.12. The largest absolute Gasteiger partial charge is 0.466 e. The zero-order chi connectivity index (χ0) is 11.0. The van der Waals surface area contributed by atoms with Crippen LogP contribution in [0.2, 0.25) is 0 Å². The van der Waals surface area contributed by atoms with Crippen molar-refractivity contribution in [2.75, 3.05) is 13.2 Å². The second-order valence-electron chi connectivity index (χ2n) is 4.11. The number of esters is 1. The molecule has 1 unspecified atom stereocenters. The predicted molar refractivity (Wildman–Crippen MR) is 54.0 cm³/mol. The molecule has 2 aliphatic rings. The lowest BCUT2D eigenvalue weighted by Crippen LogP contribution is -2.32. The third kappa shape index (κ3) is 1.64. The molecule has 0 saturated carbocycles. The van der Waals surface area contributed by atoms with Crippen molar-refractivity contribution in [3.63, 3.8) is 0 Å². The Morgan fingerprint density at radius 1 is 1.60 bits per heavy atom. The number of ether oxygens (including phenoxy) is 1. The minimum Gasteiger partial charge on any atom is -0.466 e. The number of amides is 1. The lowest BCUT2D eigenvalue weighted by molar-refractivity contribution is -0.148. The van der Waals surface area contributed by atoms with Gasteiger partial charge in [0.1, 0.15) is 0 Å². The molecule has 0 N–H and O–H groups in total. The fourth-order valence-corrected chi connectivity index (χ4v) is 2.39. The van der Waals surface area contributed by atoms with Gasteiger partial charge >= 0.3 is 5.97 Å². The van der Waals surface area contributed by atoms with Crippen LogP contribution in [0.25, 0.3) is 0 Å². The van der Waals surface area contributed by atoms with Gasteiger partial charge in [-0.1, -0.05) is 12.2 Å². The Hall–Kier alpha value is -1.32. The smallest absolute Gasteiger partial charge is 0.311 e. The van der Waals surface area contributed by atoms with Gasteiger partial charge in [-0.15, -0.1) is 0 Å². The Morgan fingerprint density at radius 2 is 2.33 bits per heavy atom. The summed E-state index contributed by atoms with van der Waals surface area (Å²) in [5, 5.41) is 0. The van der Waals surface area contributed by atoms with Crippen molar-refractivity contribution < 1.29 is 14.3 Å². The van der Waals surface area contributed by atoms with Crippen molar-refractivity contribution in [3.05, 3.63) is 12.2 Å². The quantitative estimate of drug-likeness (QED) is 0.497. The molecule has 0 aromatic rings. The summed E-state index contributed by atoms with van der Waals surface area (Å²) >= 11 is 0. The molecule has 0 radical (unpaired) electrons. The average molecular weight is 209 g/mol. The van der Waals surface area contributed by atoms with Crippen molar-refractivity contribution in [2.45, 2.75) is 25.8 Å². The zero-order valence-electron chi connectivity index (χ0n) is 8.86. The van der Waals surface area contributed by atoms with E-state index in [0.29, 0.717) is 19.6 Å². The fraction of sp³-hybridized carbons (Fsp3) is 0.636. The van der Waals surface area contributed by atoms with Crippen LogP contribution in [0.5, 0.6) is 0 Å². The van der Waals surface area contributed by atoms with E-state index in [9.17, 15) is 9.59 Å². The van der Waals surface area contributed by atoms with Crippen LogP contribution in [-0.4, -0.2) is 36.0 Å². The summed E-state index contributed by atoms with van der Waals surface area (Å²) in [5.41, 5.74) is 1.03. The number of rotatable bonds is 2. The summed E-state index contributed by atoms with van der Waals surface area (Å²) in [4.78, 5) is 25.0. The van der Waals surface area contributed by atoms with Gasteiger partial charge in [-0.3, -0.25) is 9.59 Å². The molecule has 2 saturated heterocycles. The number of carbonyl (C=O) groups excluding carboxylic acids is 2. The molecule has 2 heterocycles. The molecule has 15 heavy (non-hydrogen) atoms. The number of fused-ring (bicyclic) bond motifs is 1. The first-order valence-corrected chi connectivity index (χ1v) is 5.26. The normalized spacial score (nSPS) is 29.5. The maximum absolute atomic E-state index is 11.6. The van der Waals surface area contributed by atoms with Crippen molar-refractivity contribution in [3.8, 4) is 0 Å². The molecule has 0 aliphatic carbocycles. The molecular weight excluding hydrogens is 194 g/mol. The third-order valence-electron chi connectivity index (χ3n) is 3.06. The van der Waals surface area contributed by atoms with Crippen LogP contribution in [0.15, 0.2) is 12.2 Å². The topological polar surface area (TPSA) is 46.6 Å². The van der Waals surface area contributed by atoms with E-state index in [4.69, 9.17) is 4.74 Å². The second kappa shape index (κ2) is 3.68. The van der Waals surface area contributed by atoms with Crippen LogP contribution < -0.4 is 0 Å². The molecule has 1 amide bonds. The monoisotopic (exact) mass is 209 g/mol. The summed E-state index contributed by atoms with van der Waals surface area (Å²) in [6, 6.07) is 0.00375. The molecule has 0 spiro atoms. The van der Waals surface area contributed by atoms with Gasteiger partial charge < -0.3 is 9.64 Å². The van der Waals surface area contributed by atoms with Crippen LogP contribution in [0, 0.1) is 5.92 Å². The molecule has 0 aromatic carbocycles. The average Bonchev–Trinajstić information content (AvgIpc) is 2.67. The number of carbonyl (C=O) groups is 2. The Labute approximate surface area is 88.9 Å². The molecule has 2 atom stereocenters. The first-order valence-electron chi connectivity index (χ1n) is 5.26. The molecular formula is C11H15NO3. The second-order valence-corrected chi connectivity index (χ2v) is 4.11. The minimum absolute atomic E-state index is 0.00375. The molecule has 0 aromatic heterocycles. The highest BCUT2D eigenvalue weighted by atomic mass is 16.5. The van der Waals surface area contributed by atoms with Gasteiger partial charge in [-0.05, 0) is 13.3 Å². The number of hydrogen-bond donors (Lipinski definition) is 0. The van der Waals surface area contributed by atoms with E-state index in [0.717, 1.165) is 12.0 Å². The molecule has 2 rings (SSSR count). The van der Waals surface area contributed by atoms with Gasteiger partial charge in [0, 0.05) is 19.0 Å². The van der Waals surface area contributed by atoms with E-state index in [1.165, 1.54) is 0 Å². The summed E-state index contributed by atoms with van der Waals surface area (Å²) in [6.07, 6.45) is 1.05. The number of hydrogen-bond acceptors (Lipinski definition) is 3. The van der Waals surface area contributed by atoms with E-state index in [-0.39, 0.29) is 23.8 Å². The minimum atomic E-state index is -0.281. The Kier molecular flexibility index (Phi) is 2.50. The molecule has 0 bridgehead atoms. The third-order valence-corrected chi connectivity index (χ3v) is 3.06. The highest BCUT2D eigenvalue weighted by Crippen LogP contribution is 2.36. The Bertz CT molecular complexity index is 324. The summed E-state index contributed by atoms with van der Waals surface area (Å²) in [6.45, 7) is 6.63. The van der Waals surface area contributed by atoms with E-state index in [1.807, 2.05) is 0 Å². The van der Waals surface area contributed by atoms with E-state index in [1.54, 1.807) is 11.8 Å². The van der Waals surface area contributed by atoms with E-state index < -0.39 is 0 Å². The van der Waals surface area contributed by atoms with Crippen LogP contribution in [0.1, 0.15) is 19.8 Å². The van der Waals surface area contributed by atoms with Crippen LogP contribution in [0.3, 0.4) is 0 Å². The lowest BCUT2D eigenvalue weighted by Gasteiger charge is -2.17.